The van der Waals surface area contributed by atoms with E-state index in [4.69, 9.17) is 5.73 Å². The predicted octanol–water partition coefficient (Wildman–Crippen LogP) is 3.54. The first-order valence-corrected chi connectivity index (χ1v) is 12.5. The van der Waals surface area contributed by atoms with Crippen molar-refractivity contribution in [2.45, 2.75) is 44.3 Å². The Morgan fingerprint density at radius 3 is 2.72 bits per heavy atom. The minimum Gasteiger partial charge on any atom is -0.377 e. The fourth-order valence-corrected chi connectivity index (χ4v) is 5.35. The van der Waals surface area contributed by atoms with Gasteiger partial charge in [-0.05, 0) is 62.7 Å². The molecule has 0 spiro atoms. The number of hydrogen-bond donors (Lipinski definition) is 2. The number of halogens is 1. The van der Waals surface area contributed by atoms with E-state index in [-0.39, 0.29) is 11.9 Å². The number of carbonyl (C=O) groups is 1. The Labute approximate surface area is 211 Å². The van der Waals surface area contributed by atoms with Crippen LogP contribution >= 0.6 is 0 Å². The number of nitrogens with one attached hydrogen (secondary N) is 1. The first kappa shape index (κ1) is 24.3. The smallest absolute Gasteiger partial charge is 0.252 e. The molecule has 1 saturated heterocycles. The van der Waals surface area contributed by atoms with E-state index in [2.05, 4.69) is 45.2 Å². The summed E-state index contributed by atoms with van der Waals surface area (Å²) in [4.78, 5) is 25.9. The molecule has 0 radical (unpaired) electrons. The second kappa shape index (κ2) is 10.3. The van der Waals surface area contributed by atoms with Gasteiger partial charge in [-0.15, -0.1) is 0 Å². The molecule has 1 fully saturated rings. The number of likely N-dealkylation sites (N-methyl/N-ethyl adjacent to an activating group) is 1. The number of nitrogens with two attached hydrogens (primary N) is 1. The SMILES string of the molecule is CN(C)[C@H]1CCN(Cc2ccc(Cc3cc(NC4CCc5cccc(F)c54)c(C(N)=O)cn3)nc2)C1. The Balaban J connectivity index is 1.28. The summed E-state index contributed by atoms with van der Waals surface area (Å²) < 4.78 is 14.5. The van der Waals surface area contributed by atoms with Crippen LogP contribution in [0.15, 0.2) is 48.8 Å². The number of rotatable bonds is 8. The molecule has 0 bridgehead atoms. The molecule has 1 aromatic carbocycles. The van der Waals surface area contributed by atoms with E-state index in [1.807, 2.05) is 24.4 Å². The van der Waals surface area contributed by atoms with Crippen LogP contribution in [0.2, 0.25) is 0 Å². The Hall–Kier alpha value is -3.36. The van der Waals surface area contributed by atoms with Gasteiger partial charge >= 0.3 is 0 Å². The molecule has 3 aromatic rings. The van der Waals surface area contributed by atoms with Crippen LogP contribution < -0.4 is 11.1 Å². The first-order chi connectivity index (χ1) is 17.4. The summed E-state index contributed by atoms with van der Waals surface area (Å²) in [6.45, 7) is 3.08. The van der Waals surface area contributed by atoms with Crippen LogP contribution in [0, 0.1) is 5.82 Å². The van der Waals surface area contributed by atoms with Gasteiger partial charge in [-0.25, -0.2) is 4.39 Å². The maximum Gasteiger partial charge on any atom is 0.252 e. The molecule has 3 heterocycles. The molecule has 8 heteroatoms. The average molecular weight is 489 g/mol. The Morgan fingerprint density at radius 1 is 1.17 bits per heavy atom. The molecule has 7 nitrogen and oxygen atoms in total. The number of aromatic nitrogens is 2. The number of nitrogens with zero attached hydrogens (tertiary/aromatic N) is 4. The lowest BCUT2D eigenvalue weighted by Gasteiger charge is -2.20. The Kier molecular flexibility index (Phi) is 6.98. The third kappa shape index (κ3) is 5.24. The van der Waals surface area contributed by atoms with Crippen molar-refractivity contribution in [2.24, 2.45) is 5.73 Å². The minimum atomic E-state index is -0.566. The lowest BCUT2D eigenvalue weighted by atomic mass is 10.1. The summed E-state index contributed by atoms with van der Waals surface area (Å²) >= 11 is 0. The third-order valence-electron chi connectivity index (χ3n) is 7.38. The van der Waals surface area contributed by atoms with Crippen molar-refractivity contribution in [3.8, 4) is 0 Å². The molecule has 1 unspecified atom stereocenters. The molecule has 0 saturated carbocycles. The van der Waals surface area contributed by atoms with Gasteiger partial charge in [0.25, 0.3) is 5.91 Å². The Bertz CT molecular complexity index is 1250. The predicted molar refractivity (Wildman–Crippen MR) is 138 cm³/mol. The van der Waals surface area contributed by atoms with Gasteiger partial charge in [0.2, 0.25) is 0 Å². The van der Waals surface area contributed by atoms with Gasteiger partial charge in [0.15, 0.2) is 0 Å². The molecule has 2 aliphatic rings. The van der Waals surface area contributed by atoms with Gasteiger partial charge in [-0.3, -0.25) is 19.7 Å². The van der Waals surface area contributed by atoms with Gasteiger partial charge in [-0.2, -0.15) is 0 Å². The second-order valence-corrected chi connectivity index (χ2v) is 10.1. The quantitative estimate of drug-likeness (QED) is 0.504. The number of fused-ring (bicyclic) bond motifs is 1. The van der Waals surface area contributed by atoms with E-state index in [1.54, 1.807) is 6.07 Å². The van der Waals surface area contributed by atoms with Crippen molar-refractivity contribution in [3.63, 3.8) is 0 Å². The van der Waals surface area contributed by atoms with Gasteiger partial charge in [0, 0.05) is 61.4 Å². The molecule has 3 N–H and O–H groups in total. The maximum atomic E-state index is 14.5. The van der Waals surface area contributed by atoms with Crippen molar-refractivity contribution >= 4 is 11.6 Å². The number of amides is 1. The molecule has 2 atom stereocenters. The highest BCUT2D eigenvalue weighted by molar-refractivity contribution is 5.98. The van der Waals surface area contributed by atoms with Gasteiger partial charge in [0.1, 0.15) is 5.82 Å². The zero-order valence-corrected chi connectivity index (χ0v) is 20.9. The lowest BCUT2D eigenvalue weighted by molar-refractivity contribution is 0.100. The molecular weight excluding hydrogens is 455 g/mol. The van der Waals surface area contributed by atoms with Crippen molar-refractivity contribution in [1.29, 1.82) is 0 Å². The van der Waals surface area contributed by atoms with Gasteiger partial charge in [0.05, 0.1) is 17.3 Å². The zero-order valence-electron chi connectivity index (χ0n) is 20.9. The summed E-state index contributed by atoms with van der Waals surface area (Å²) in [5.74, 6) is -0.794. The van der Waals surface area contributed by atoms with Crippen LogP contribution in [0.5, 0.6) is 0 Å². The largest absolute Gasteiger partial charge is 0.377 e. The molecule has 36 heavy (non-hydrogen) atoms. The number of benzene rings is 1. The van der Waals surface area contributed by atoms with Crippen LogP contribution in [0.3, 0.4) is 0 Å². The highest BCUT2D eigenvalue weighted by Crippen LogP contribution is 2.36. The highest BCUT2D eigenvalue weighted by Gasteiger charge is 2.27. The maximum absolute atomic E-state index is 14.5. The first-order valence-electron chi connectivity index (χ1n) is 12.5. The van der Waals surface area contributed by atoms with Crippen LogP contribution in [0.25, 0.3) is 0 Å². The average Bonchev–Trinajstić information content (AvgIpc) is 3.49. The number of anilines is 1. The number of pyridine rings is 2. The number of aryl methyl sites for hydroxylation is 1. The second-order valence-electron chi connectivity index (χ2n) is 10.1. The minimum absolute atomic E-state index is 0.218. The van der Waals surface area contributed by atoms with E-state index in [1.165, 1.54) is 24.2 Å². The molecule has 1 aliphatic heterocycles. The van der Waals surface area contributed by atoms with Gasteiger partial charge in [-0.1, -0.05) is 18.2 Å². The number of primary amides is 1. The lowest BCUT2D eigenvalue weighted by Crippen LogP contribution is -2.31. The van der Waals surface area contributed by atoms with Crippen LogP contribution in [0.1, 0.15) is 57.3 Å². The fraction of sp³-hybridized carbons (Fsp3) is 0.393. The molecular formula is C28H33FN6O. The van der Waals surface area contributed by atoms with E-state index in [9.17, 15) is 9.18 Å². The van der Waals surface area contributed by atoms with E-state index in [0.29, 0.717) is 29.3 Å². The molecule has 1 amide bonds. The monoisotopic (exact) mass is 488 g/mol. The van der Waals surface area contributed by atoms with Gasteiger partial charge < -0.3 is 16.0 Å². The summed E-state index contributed by atoms with van der Waals surface area (Å²) in [6, 6.07) is 11.6. The summed E-state index contributed by atoms with van der Waals surface area (Å²) in [5.41, 5.74) is 11.0. The topological polar surface area (TPSA) is 87.4 Å². The number of likely N-dealkylation sites (tertiary alicyclic amines) is 1. The van der Waals surface area contributed by atoms with E-state index >= 15 is 0 Å². The summed E-state index contributed by atoms with van der Waals surface area (Å²) in [7, 11) is 4.28. The molecule has 1 aliphatic carbocycles. The fourth-order valence-electron chi connectivity index (χ4n) is 5.35. The van der Waals surface area contributed by atoms with Crippen LogP contribution in [-0.4, -0.2) is 58.9 Å². The number of hydrogen-bond acceptors (Lipinski definition) is 6. The van der Waals surface area contributed by atoms with Crippen molar-refractivity contribution in [3.05, 3.63) is 88.3 Å². The van der Waals surface area contributed by atoms with Crippen molar-refractivity contribution in [2.75, 3.05) is 32.5 Å². The standard InChI is InChI=1S/C28H33FN6O/c1-34(2)22-10-11-35(17-22)16-18-6-8-20(31-14-18)12-21-13-26(23(15-32-21)28(30)36)33-25-9-7-19-4-3-5-24(29)27(19)25/h3-6,8,13-15,22,25H,7,9-12,16-17H2,1-2H3,(H2,30,36)(H,32,33)/t22-,25?/m0/s1. The van der Waals surface area contributed by atoms with E-state index in [0.717, 1.165) is 49.4 Å². The van der Waals surface area contributed by atoms with Crippen molar-refractivity contribution in [1.82, 2.24) is 19.8 Å². The summed E-state index contributed by atoms with van der Waals surface area (Å²) in [5, 5.41) is 3.36. The third-order valence-corrected chi connectivity index (χ3v) is 7.38. The van der Waals surface area contributed by atoms with Crippen LogP contribution in [0.4, 0.5) is 10.1 Å². The Morgan fingerprint density at radius 2 is 2.00 bits per heavy atom. The van der Waals surface area contributed by atoms with Crippen molar-refractivity contribution < 1.29 is 9.18 Å². The van der Waals surface area contributed by atoms with E-state index < -0.39 is 5.91 Å². The number of carbonyl (C=O) groups excluding carboxylic acids is 1. The normalized spacial score (nSPS) is 19.6. The summed E-state index contributed by atoms with van der Waals surface area (Å²) in [6.07, 6.45) is 6.70. The van der Waals surface area contributed by atoms with Crippen LogP contribution in [-0.2, 0) is 19.4 Å². The highest BCUT2D eigenvalue weighted by atomic mass is 19.1. The zero-order chi connectivity index (χ0) is 25.2. The molecule has 5 rings (SSSR count). The molecule has 2 aromatic heterocycles. The molecule has 188 valence electrons.